The normalized spacial score (nSPS) is 13.4. The Morgan fingerprint density at radius 2 is 1.78 bits per heavy atom. The average Bonchev–Trinajstić information content (AvgIpc) is 2.21. The third-order valence-corrected chi connectivity index (χ3v) is 2.58. The fourth-order valence-corrected chi connectivity index (χ4v) is 1.79. The highest BCUT2D eigenvalue weighted by atomic mass is 35.5. The van der Waals surface area contributed by atoms with E-state index in [9.17, 15) is 5.11 Å². The lowest BCUT2D eigenvalue weighted by atomic mass is 10.1. The summed E-state index contributed by atoms with van der Waals surface area (Å²) in [7, 11) is 0. The van der Waals surface area contributed by atoms with Gasteiger partial charge >= 0.3 is 0 Å². The molecule has 0 amide bonds. The number of hydrogen-bond acceptors (Lipinski definition) is 3. The fourth-order valence-electron chi connectivity index (χ4n) is 1.29. The van der Waals surface area contributed by atoms with Gasteiger partial charge in [0.15, 0.2) is 0 Å². The highest BCUT2D eigenvalue weighted by molar-refractivity contribution is 6.34. The van der Waals surface area contributed by atoms with Gasteiger partial charge in [-0.3, -0.25) is 0 Å². The third kappa shape index (κ3) is 6.45. The Labute approximate surface area is 118 Å². The van der Waals surface area contributed by atoms with Crippen molar-refractivity contribution < 1.29 is 9.84 Å². The molecule has 0 saturated heterocycles. The Morgan fingerprint density at radius 1 is 1.22 bits per heavy atom. The van der Waals surface area contributed by atoms with Gasteiger partial charge in [0.1, 0.15) is 18.5 Å². The number of hydrogen-bond donors (Lipinski definition) is 2. The second kappa shape index (κ2) is 6.62. The van der Waals surface area contributed by atoms with E-state index >= 15 is 0 Å². The molecular weight excluding hydrogens is 273 g/mol. The van der Waals surface area contributed by atoms with Crippen molar-refractivity contribution in [2.75, 3.05) is 13.2 Å². The summed E-state index contributed by atoms with van der Waals surface area (Å²) < 4.78 is 5.44. The molecule has 1 rings (SSSR count). The van der Waals surface area contributed by atoms with Crippen molar-refractivity contribution in [1.82, 2.24) is 5.32 Å². The van der Waals surface area contributed by atoms with Crippen LogP contribution in [0, 0.1) is 0 Å². The average molecular weight is 292 g/mol. The Morgan fingerprint density at radius 3 is 2.28 bits per heavy atom. The van der Waals surface area contributed by atoms with Crippen molar-refractivity contribution in [2.24, 2.45) is 0 Å². The number of aliphatic hydroxyl groups excluding tert-OH is 1. The van der Waals surface area contributed by atoms with E-state index in [0.717, 1.165) is 0 Å². The van der Waals surface area contributed by atoms with Crippen LogP contribution in [0.5, 0.6) is 5.75 Å². The standard InChI is InChI=1S/C13H19Cl2NO2/c1-13(2,3)16-7-11(17)8-18-12-5-9(14)4-10(15)6-12/h4-6,11,16-17H,7-8H2,1-3H3. The second-order valence-electron chi connectivity index (χ2n) is 5.20. The summed E-state index contributed by atoms with van der Waals surface area (Å²) >= 11 is 11.7. The largest absolute Gasteiger partial charge is 0.491 e. The number of aliphatic hydroxyl groups is 1. The quantitative estimate of drug-likeness (QED) is 0.876. The molecule has 0 bridgehead atoms. The Balaban J connectivity index is 2.40. The lowest BCUT2D eigenvalue weighted by molar-refractivity contribution is 0.100. The van der Waals surface area contributed by atoms with Gasteiger partial charge in [-0.25, -0.2) is 0 Å². The fraction of sp³-hybridized carbons (Fsp3) is 0.538. The van der Waals surface area contributed by atoms with Crippen LogP contribution in [-0.2, 0) is 0 Å². The molecule has 102 valence electrons. The second-order valence-corrected chi connectivity index (χ2v) is 6.07. The van der Waals surface area contributed by atoms with Crippen molar-refractivity contribution in [3.05, 3.63) is 28.2 Å². The minimum atomic E-state index is -0.581. The first-order chi connectivity index (χ1) is 8.26. The van der Waals surface area contributed by atoms with Gasteiger partial charge in [0.25, 0.3) is 0 Å². The SMILES string of the molecule is CC(C)(C)NCC(O)COc1cc(Cl)cc(Cl)c1. The molecule has 1 unspecified atom stereocenters. The molecule has 1 aromatic rings. The smallest absolute Gasteiger partial charge is 0.122 e. The van der Waals surface area contributed by atoms with Gasteiger partial charge in [-0.05, 0) is 39.0 Å². The van der Waals surface area contributed by atoms with Crippen LogP contribution in [0.2, 0.25) is 10.0 Å². The number of benzene rings is 1. The minimum absolute atomic E-state index is 0.0274. The first-order valence-electron chi connectivity index (χ1n) is 5.78. The third-order valence-electron chi connectivity index (χ3n) is 2.15. The molecule has 0 aliphatic heterocycles. The molecule has 0 fully saturated rings. The summed E-state index contributed by atoms with van der Waals surface area (Å²) in [5.74, 6) is 0.558. The molecule has 0 aliphatic carbocycles. The number of nitrogens with one attached hydrogen (secondary N) is 1. The molecule has 18 heavy (non-hydrogen) atoms. The topological polar surface area (TPSA) is 41.5 Å². The lowest BCUT2D eigenvalue weighted by Crippen LogP contribution is -2.42. The van der Waals surface area contributed by atoms with Crippen LogP contribution in [0.3, 0.4) is 0 Å². The molecule has 2 N–H and O–H groups in total. The minimum Gasteiger partial charge on any atom is -0.491 e. The van der Waals surface area contributed by atoms with E-state index in [0.29, 0.717) is 22.3 Å². The van der Waals surface area contributed by atoms with Gasteiger partial charge in [0.05, 0.1) is 0 Å². The van der Waals surface area contributed by atoms with E-state index in [2.05, 4.69) is 5.32 Å². The molecule has 0 spiro atoms. The van der Waals surface area contributed by atoms with Crippen LogP contribution in [0.25, 0.3) is 0 Å². The zero-order chi connectivity index (χ0) is 13.8. The van der Waals surface area contributed by atoms with Crippen LogP contribution in [0.1, 0.15) is 20.8 Å². The van der Waals surface area contributed by atoms with Gasteiger partial charge in [0.2, 0.25) is 0 Å². The van der Waals surface area contributed by atoms with Crippen LogP contribution in [-0.4, -0.2) is 29.9 Å². The molecular formula is C13H19Cl2NO2. The van der Waals surface area contributed by atoms with Crippen molar-refractivity contribution in [3.8, 4) is 5.75 Å². The molecule has 1 aromatic carbocycles. The number of rotatable bonds is 5. The number of halogens is 2. The van der Waals surface area contributed by atoms with Crippen molar-refractivity contribution in [2.45, 2.75) is 32.4 Å². The summed E-state index contributed by atoms with van der Waals surface area (Å²) in [6.45, 7) is 6.78. The van der Waals surface area contributed by atoms with Crippen LogP contribution in [0.4, 0.5) is 0 Å². The van der Waals surface area contributed by atoms with E-state index in [-0.39, 0.29) is 12.1 Å². The van der Waals surface area contributed by atoms with E-state index < -0.39 is 6.10 Å². The van der Waals surface area contributed by atoms with Gasteiger partial charge in [0, 0.05) is 22.1 Å². The summed E-state index contributed by atoms with van der Waals surface area (Å²) in [6, 6.07) is 4.96. The maximum absolute atomic E-state index is 9.76. The van der Waals surface area contributed by atoms with Crippen molar-refractivity contribution >= 4 is 23.2 Å². The molecule has 1 atom stereocenters. The zero-order valence-corrected chi connectivity index (χ0v) is 12.3. The number of ether oxygens (including phenoxy) is 1. The molecule has 0 aromatic heterocycles. The van der Waals surface area contributed by atoms with E-state index in [1.807, 2.05) is 20.8 Å². The van der Waals surface area contributed by atoms with Crippen molar-refractivity contribution in [3.63, 3.8) is 0 Å². The predicted octanol–water partition coefficient (Wildman–Crippen LogP) is 3.12. The van der Waals surface area contributed by atoms with Crippen LogP contribution >= 0.6 is 23.2 Å². The van der Waals surface area contributed by atoms with E-state index in [1.165, 1.54) is 0 Å². The summed E-state index contributed by atoms with van der Waals surface area (Å²) in [6.07, 6.45) is -0.581. The molecule has 0 radical (unpaired) electrons. The van der Waals surface area contributed by atoms with Gasteiger partial charge in [-0.1, -0.05) is 23.2 Å². The van der Waals surface area contributed by atoms with Gasteiger partial charge < -0.3 is 15.2 Å². The predicted molar refractivity (Wildman–Crippen MR) is 75.7 cm³/mol. The highest BCUT2D eigenvalue weighted by Gasteiger charge is 2.12. The Hall–Kier alpha value is -0.480. The van der Waals surface area contributed by atoms with Crippen LogP contribution < -0.4 is 10.1 Å². The molecule has 0 saturated carbocycles. The monoisotopic (exact) mass is 291 g/mol. The lowest BCUT2D eigenvalue weighted by Gasteiger charge is -2.23. The zero-order valence-electron chi connectivity index (χ0n) is 10.8. The maximum Gasteiger partial charge on any atom is 0.122 e. The van der Waals surface area contributed by atoms with Gasteiger partial charge in [-0.2, -0.15) is 0 Å². The molecule has 0 aliphatic rings. The maximum atomic E-state index is 9.76. The van der Waals surface area contributed by atoms with Gasteiger partial charge in [-0.15, -0.1) is 0 Å². The summed E-state index contributed by atoms with van der Waals surface area (Å²) in [5, 5.41) is 14.0. The Kier molecular flexibility index (Phi) is 5.73. The summed E-state index contributed by atoms with van der Waals surface area (Å²) in [5.41, 5.74) is -0.0274. The molecule has 3 nitrogen and oxygen atoms in total. The first kappa shape index (κ1) is 15.6. The van der Waals surface area contributed by atoms with Crippen molar-refractivity contribution in [1.29, 1.82) is 0 Å². The van der Waals surface area contributed by atoms with E-state index in [1.54, 1.807) is 18.2 Å². The molecule has 0 heterocycles. The first-order valence-corrected chi connectivity index (χ1v) is 6.54. The summed E-state index contributed by atoms with van der Waals surface area (Å²) in [4.78, 5) is 0. The highest BCUT2D eigenvalue weighted by Crippen LogP contribution is 2.24. The van der Waals surface area contributed by atoms with E-state index in [4.69, 9.17) is 27.9 Å². The van der Waals surface area contributed by atoms with Crippen LogP contribution in [0.15, 0.2) is 18.2 Å². The Bertz CT molecular complexity index is 371. The number of β-amino-alcohol motifs (C(OH)–C–C–N with tert-alkyl or cyclic N) is 1. The molecule has 5 heteroatoms.